The third kappa shape index (κ3) is 3.66. The molecule has 4 rings (SSSR count). The molecule has 1 saturated carbocycles. The van der Waals surface area contributed by atoms with Crippen molar-refractivity contribution < 1.29 is 14.6 Å². The second-order valence-electron chi connectivity index (χ2n) is 9.47. The molecule has 1 N–H and O–H groups in total. The zero-order valence-corrected chi connectivity index (χ0v) is 17.5. The molecule has 4 heteroatoms. The van der Waals surface area contributed by atoms with Crippen LogP contribution in [0.15, 0.2) is 60.7 Å². The average molecular weight is 394 g/mol. The minimum atomic E-state index is -0.528. The SMILES string of the molecule is CC(C)(C)OC(=O)N1CC2C(O)CCC(c3ccccc3)(c3ccccc3)[C@@H]2C1. The number of carbonyl (C=O) groups excluding carboxylic acids is 1. The van der Waals surface area contributed by atoms with Crippen LogP contribution < -0.4 is 0 Å². The molecular weight excluding hydrogens is 362 g/mol. The first-order valence-electron chi connectivity index (χ1n) is 10.6. The summed E-state index contributed by atoms with van der Waals surface area (Å²) in [5, 5.41) is 10.9. The van der Waals surface area contributed by atoms with Gasteiger partial charge in [-0.15, -0.1) is 0 Å². The van der Waals surface area contributed by atoms with Crippen molar-refractivity contribution in [2.75, 3.05) is 13.1 Å². The van der Waals surface area contributed by atoms with Crippen LogP contribution in [0.3, 0.4) is 0 Å². The molecule has 2 aromatic rings. The summed E-state index contributed by atoms with van der Waals surface area (Å²) in [6.45, 7) is 6.81. The molecule has 2 fully saturated rings. The lowest BCUT2D eigenvalue weighted by Crippen LogP contribution is -2.48. The van der Waals surface area contributed by atoms with Crippen LogP contribution in [0.1, 0.15) is 44.7 Å². The van der Waals surface area contributed by atoms with Gasteiger partial charge in [-0.3, -0.25) is 0 Å². The summed E-state index contributed by atoms with van der Waals surface area (Å²) in [6.07, 6.45) is 0.917. The fourth-order valence-corrected chi connectivity index (χ4v) is 5.35. The molecule has 0 radical (unpaired) electrons. The van der Waals surface area contributed by atoms with E-state index in [1.54, 1.807) is 4.90 Å². The van der Waals surface area contributed by atoms with Crippen molar-refractivity contribution in [3.63, 3.8) is 0 Å². The molecule has 0 spiro atoms. The first kappa shape index (κ1) is 20.0. The standard InChI is InChI=1S/C25H31NO3/c1-24(2,3)29-23(28)26-16-20-21(17-26)25(15-14-22(20)27,18-10-6-4-7-11-18)19-12-8-5-9-13-19/h4-13,20-22,27H,14-17H2,1-3H3/t20?,21-,22?/m1/s1. The number of aliphatic hydroxyl groups is 1. The smallest absolute Gasteiger partial charge is 0.410 e. The molecule has 0 bridgehead atoms. The van der Waals surface area contributed by atoms with Crippen molar-refractivity contribution in [3.8, 4) is 0 Å². The molecule has 2 aliphatic rings. The summed E-state index contributed by atoms with van der Waals surface area (Å²) >= 11 is 0. The summed E-state index contributed by atoms with van der Waals surface area (Å²) in [5.74, 6) is 0.181. The Bertz CT molecular complexity index is 804. The van der Waals surface area contributed by atoms with E-state index in [-0.39, 0.29) is 23.3 Å². The predicted molar refractivity (Wildman–Crippen MR) is 114 cm³/mol. The van der Waals surface area contributed by atoms with Gasteiger partial charge in [0.1, 0.15) is 5.60 Å². The molecule has 1 saturated heterocycles. The van der Waals surface area contributed by atoms with E-state index in [0.29, 0.717) is 13.1 Å². The van der Waals surface area contributed by atoms with Gasteiger partial charge in [-0.1, -0.05) is 60.7 Å². The van der Waals surface area contributed by atoms with Crippen LogP contribution in [0, 0.1) is 11.8 Å². The Morgan fingerprint density at radius 2 is 1.55 bits per heavy atom. The van der Waals surface area contributed by atoms with Gasteiger partial charge in [0.25, 0.3) is 0 Å². The Balaban J connectivity index is 1.76. The van der Waals surface area contributed by atoms with E-state index in [2.05, 4.69) is 48.5 Å². The largest absolute Gasteiger partial charge is 0.444 e. The molecule has 29 heavy (non-hydrogen) atoms. The van der Waals surface area contributed by atoms with E-state index in [1.807, 2.05) is 32.9 Å². The number of amides is 1. The van der Waals surface area contributed by atoms with Crippen LogP contribution in [-0.4, -0.2) is 40.9 Å². The molecule has 1 aliphatic carbocycles. The molecule has 4 nitrogen and oxygen atoms in total. The van der Waals surface area contributed by atoms with E-state index >= 15 is 0 Å². The zero-order chi connectivity index (χ0) is 20.6. The number of aliphatic hydroxyl groups excluding tert-OH is 1. The van der Waals surface area contributed by atoms with Gasteiger partial charge in [-0.2, -0.15) is 0 Å². The van der Waals surface area contributed by atoms with Crippen molar-refractivity contribution >= 4 is 6.09 Å². The molecule has 2 aromatic carbocycles. The van der Waals surface area contributed by atoms with Crippen LogP contribution in [0.25, 0.3) is 0 Å². The Morgan fingerprint density at radius 1 is 1.00 bits per heavy atom. The number of benzene rings is 2. The third-order valence-corrected chi connectivity index (χ3v) is 6.56. The molecule has 0 aromatic heterocycles. The van der Waals surface area contributed by atoms with Gasteiger partial charge in [-0.05, 0) is 50.7 Å². The second kappa shape index (κ2) is 7.49. The molecule has 154 valence electrons. The molecular formula is C25H31NO3. The highest BCUT2D eigenvalue weighted by Crippen LogP contribution is 2.53. The fraction of sp³-hybridized carbons (Fsp3) is 0.480. The number of likely N-dealkylation sites (tertiary alicyclic amines) is 1. The summed E-state index contributed by atoms with van der Waals surface area (Å²) in [7, 11) is 0. The number of nitrogens with zero attached hydrogens (tertiary/aromatic N) is 1. The van der Waals surface area contributed by atoms with Gasteiger partial charge < -0.3 is 14.7 Å². The lowest BCUT2D eigenvalue weighted by atomic mass is 9.56. The number of hydrogen-bond donors (Lipinski definition) is 1. The summed E-state index contributed by atoms with van der Waals surface area (Å²) in [6, 6.07) is 21.2. The van der Waals surface area contributed by atoms with E-state index in [9.17, 15) is 9.90 Å². The molecule has 1 amide bonds. The Labute approximate surface area is 173 Å². The predicted octanol–water partition coefficient (Wildman–Crippen LogP) is 4.61. The highest BCUT2D eigenvalue weighted by Gasteiger charge is 2.55. The topological polar surface area (TPSA) is 49.8 Å². The zero-order valence-electron chi connectivity index (χ0n) is 17.5. The summed E-state index contributed by atoms with van der Waals surface area (Å²) < 4.78 is 5.65. The Kier molecular flexibility index (Phi) is 5.16. The van der Waals surface area contributed by atoms with Crippen molar-refractivity contribution in [1.82, 2.24) is 4.90 Å². The fourth-order valence-electron chi connectivity index (χ4n) is 5.35. The third-order valence-electron chi connectivity index (χ3n) is 6.56. The number of hydrogen-bond acceptors (Lipinski definition) is 3. The number of fused-ring (bicyclic) bond motifs is 1. The van der Waals surface area contributed by atoms with Crippen LogP contribution in [0.2, 0.25) is 0 Å². The maximum absolute atomic E-state index is 12.8. The summed E-state index contributed by atoms with van der Waals surface area (Å²) in [5.41, 5.74) is 1.78. The highest BCUT2D eigenvalue weighted by molar-refractivity contribution is 5.69. The van der Waals surface area contributed by atoms with Gasteiger partial charge in [-0.25, -0.2) is 4.79 Å². The normalized spacial score (nSPS) is 26.1. The van der Waals surface area contributed by atoms with Crippen molar-refractivity contribution in [1.29, 1.82) is 0 Å². The van der Waals surface area contributed by atoms with Crippen molar-refractivity contribution in [3.05, 3.63) is 71.8 Å². The second-order valence-corrected chi connectivity index (χ2v) is 9.47. The minimum absolute atomic E-state index is 0.0386. The Hall–Kier alpha value is -2.33. The van der Waals surface area contributed by atoms with Gasteiger partial charge in [0.2, 0.25) is 0 Å². The van der Waals surface area contributed by atoms with Crippen molar-refractivity contribution in [2.24, 2.45) is 11.8 Å². The van der Waals surface area contributed by atoms with Crippen molar-refractivity contribution in [2.45, 2.75) is 50.7 Å². The monoisotopic (exact) mass is 393 g/mol. The lowest BCUT2D eigenvalue weighted by Gasteiger charge is -2.48. The van der Waals surface area contributed by atoms with Gasteiger partial charge in [0.05, 0.1) is 6.10 Å². The van der Waals surface area contributed by atoms with E-state index in [0.717, 1.165) is 12.8 Å². The van der Waals surface area contributed by atoms with Crippen LogP contribution in [0.4, 0.5) is 4.79 Å². The lowest BCUT2D eigenvalue weighted by molar-refractivity contribution is 0.0212. The van der Waals surface area contributed by atoms with Gasteiger partial charge in [0, 0.05) is 24.4 Å². The molecule has 2 unspecified atom stereocenters. The van der Waals surface area contributed by atoms with E-state index < -0.39 is 11.7 Å². The molecule has 1 heterocycles. The highest BCUT2D eigenvalue weighted by atomic mass is 16.6. The number of carbonyl (C=O) groups is 1. The first-order valence-corrected chi connectivity index (χ1v) is 10.6. The van der Waals surface area contributed by atoms with Crippen LogP contribution >= 0.6 is 0 Å². The van der Waals surface area contributed by atoms with E-state index in [1.165, 1.54) is 11.1 Å². The summed E-state index contributed by atoms with van der Waals surface area (Å²) in [4.78, 5) is 14.6. The molecule has 3 atom stereocenters. The molecule has 1 aliphatic heterocycles. The average Bonchev–Trinajstić information content (AvgIpc) is 3.16. The minimum Gasteiger partial charge on any atom is -0.444 e. The first-order chi connectivity index (χ1) is 13.8. The number of rotatable bonds is 2. The maximum atomic E-state index is 12.8. The Morgan fingerprint density at radius 3 is 2.07 bits per heavy atom. The van der Waals surface area contributed by atoms with Crippen LogP contribution in [-0.2, 0) is 10.2 Å². The number of ether oxygens (including phenoxy) is 1. The maximum Gasteiger partial charge on any atom is 0.410 e. The van der Waals surface area contributed by atoms with Crippen LogP contribution in [0.5, 0.6) is 0 Å². The quantitative estimate of drug-likeness (QED) is 0.811. The van der Waals surface area contributed by atoms with E-state index in [4.69, 9.17) is 4.74 Å². The van der Waals surface area contributed by atoms with Gasteiger partial charge >= 0.3 is 6.09 Å². The van der Waals surface area contributed by atoms with Gasteiger partial charge in [0.15, 0.2) is 0 Å².